The molecular weight excluding hydrogens is 202 g/mol. The molecule has 0 saturated carbocycles. The van der Waals surface area contributed by atoms with Gasteiger partial charge in [-0.2, -0.15) is 0 Å². The summed E-state index contributed by atoms with van der Waals surface area (Å²) < 4.78 is 0. The molecule has 4 nitrogen and oxygen atoms in total. The first-order valence-corrected chi connectivity index (χ1v) is 4.48. The molecule has 0 amide bonds. The van der Waals surface area contributed by atoms with Gasteiger partial charge in [0.2, 0.25) is 0 Å². The molecule has 5 heteroatoms. The fraction of sp³-hybridized carbons (Fsp3) is 0.333. The highest BCUT2D eigenvalue weighted by Gasteiger charge is 2.11. The Balaban J connectivity index is 3.10. The molecule has 0 aliphatic rings. The van der Waals surface area contributed by atoms with Crippen LogP contribution in [0.3, 0.4) is 0 Å². The molecular formula is C9H10ClN3O. The smallest absolute Gasteiger partial charge is 0.0870 e. The maximum atomic E-state index is 8.98. The summed E-state index contributed by atoms with van der Waals surface area (Å²) in [5.74, 6) is 0. The van der Waals surface area contributed by atoms with E-state index >= 15 is 0 Å². The molecule has 0 heterocycles. The van der Waals surface area contributed by atoms with Crippen molar-refractivity contribution in [2.75, 3.05) is 6.61 Å². The highest BCUT2D eigenvalue weighted by atomic mass is 35.5. The topological polar surface area (TPSA) is 69.0 Å². The third kappa shape index (κ3) is 2.39. The van der Waals surface area contributed by atoms with E-state index in [1.165, 1.54) is 0 Å². The predicted molar refractivity (Wildman–Crippen MR) is 55.2 cm³/mol. The fourth-order valence-electron chi connectivity index (χ4n) is 1.16. The van der Waals surface area contributed by atoms with E-state index < -0.39 is 6.04 Å². The third-order valence-corrected chi connectivity index (χ3v) is 2.21. The molecule has 0 aliphatic carbocycles. The molecule has 1 atom stereocenters. The number of hydrogen-bond acceptors (Lipinski definition) is 2. The molecule has 1 rings (SSSR count). The number of aryl methyl sites for hydroxylation is 1. The number of nitrogens with zero attached hydrogens (tertiary/aromatic N) is 3. The molecule has 1 N–H and O–H groups in total. The van der Waals surface area contributed by atoms with Crippen LogP contribution in [0.15, 0.2) is 23.3 Å². The Bertz CT molecular complexity index is 374. The van der Waals surface area contributed by atoms with Gasteiger partial charge in [0.05, 0.1) is 12.6 Å². The average molecular weight is 212 g/mol. The van der Waals surface area contributed by atoms with Crippen LogP contribution in [0.25, 0.3) is 10.4 Å². The van der Waals surface area contributed by atoms with Gasteiger partial charge in [-0.3, -0.25) is 0 Å². The van der Waals surface area contributed by atoms with Crippen molar-refractivity contribution >= 4 is 11.6 Å². The Labute approximate surface area is 86.8 Å². The van der Waals surface area contributed by atoms with Gasteiger partial charge in [-0.25, -0.2) is 0 Å². The van der Waals surface area contributed by atoms with Gasteiger partial charge in [-0.05, 0) is 29.6 Å². The van der Waals surface area contributed by atoms with E-state index in [9.17, 15) is 0 Å². The molecule has 0 radical (unpaired) electrons. The summed E-state index contributed by atoms with van der Waals surface area (Å²) in [5.41, 5.74) is 9.95. The van der Waals surface area contributed by atoms with Crippen LogP contribution in [0.2, 0.25) is 5.02 Å². The van der Waals surface area contributed by atoms with E-state index in [2.05, 4.69) is 10.0 Å². The normalized spacial score (nSPS) is 11.9. The quantitative estimate of drug-likeness (QED) is 0.466. The molecule has 0 aliphatic heterocycles. The van der Waals surface area contributed by atoms with E-state index in [0.717, 1.165) is 5.56 Å². The van der Waals surface area contributed by atoms with Crippen LogP contribution in [0, 0.1) is 6.92 Å². The van der Waals surface area contributed by atoms with Gasteiger partial charge in [-0.1, -0.05) is 28.8 Å². The number of aliphatic hydroxyl groups excluding tert-OH is 1. The lowest BCUT2D eigenvalue weighted by atomic mass is 10.1. The zero-order chi connectivity index (χ0) is 10.6. The highest BCUT2D eigenvalue weighted by molar-refractivity contribution is 6.31. The second-order valence-electron chi connectivity index (χ2n) is 2.93. The van der Waals surface area contributed by atoms with Crippen molar-refractivity contribution in [1.29, 1.82) is 0 Å². The van der Waals surface area contributed by atoms with Gasteiger partial charge in [0.15, 0.2) is 0 Å². The van der Waals surface area contributed by atoms with Gasteiger partial charge >= 0.3 is 0 Å². The van der Waals surface area contributed by atoms with Gasteiger partial charge in [0, 0.05) is 9.93 Å². The van der Waals surface area contributed by atoms with Crippen LogP contribution < -0.4 is 0 Å². The molecule has 14 heavy (non-hydrogen) atoms. The lowest BCUT2D eigenvalue weighted by molar-refractivity contribution is 0.268. The van der Waals surface area contributed by atoms with Crippen LogP contribution in [0.5, 0.6) is 0 Å². The molecule has 0 aromatic heterocycles. The van der Waals surface area contributed by atoms with Crippen molar-refractivity contribution in [1.82, 2.24) is 0 Å². The largest absolute Gasteiger partial charge is 0.396 e. The number of rotatable bonds is 3. The van der Waals surface area contributed by atoms with Crippen LogP contribution in [0.1, 0.15) is 17.2 Å². The summed E-state index contributed by atoms with van der Waals surface area (Å²) in [6.07, 6.45) is 0. The maximum Gasteiger partial charge on any atom is 0.0870 e. The van der Waals surface area contributed by atoms with Crippen molar-refractivity contribution in [3.8, 4) is 0 Å². The predicted octanol–water partition coefficient (Wildman–Crippen LogP) is 2.99. The minimum atomic E-state index is -0.604. The minimum Gasteiger partial charge on any atom is -0.396 e. The van der Waals surface area contributed by atoms with E-state index in [-0.39, 0.29) is 6.61 Å². The van der Waals surface area contributed by atoms with Crippen LogP contribution in [-0.4, -0.2) is 11.7 Å². The molecule has 1 aromatic carbocycles. The van der Waals surface area contributed by atoms with E-state index in [1.54, 1.807) is 12.1 Å². The molecule has 0 fully saturated rings. The highest BCUT2D eigenvalue weighted by Crippen LogP contribution is 2.26. The number of benzene rings is 1. The first-order chi connectivity index (χ1) is 6.69. The molecule has 0 bridgehead atoms. The summed E-state index contributed by atoms with van der Waals surface area (Å²) in [6, 6.07) is 4.78. The lowest BCUT2D eigenvalue weighted by Crippen LogP contribution is -2.00. The Morgan fingerprint density at radius 2 is 2.36 bits per heavy atom. The van der Waals surface area contributed by atoms with Gasteiger partial charge < -0.3 is 5.11 Å². The fourth-order valence-corrected chi connectivity index (χ4v) is 1.52. The van der Waals surface area contributed by atoms with Crippen LogP contribution in [0.4, 0.5) is 0 Å². The van der Waals surface area contributed by atoms with Crippen LogP contribution in [-0.2, 0) is 0 Å². The molecule has 0 spiro atoms. The Morgan fingerprint density at radius 1 is 1.64 bits per heavy atom. The number of hydrogen-bond donors (Lipinski definition) is 1. The van der Waals surface area contributed by atoms with Gasteiger partial charge in [0.25, 0.3) is 0 Å². The molecule has 0 saturated heterocycles. The maximum absolute atomic E-state index is 8.98. The van der Waals surface area contributed by atoms with Crippen molar-refractivity contribution in [2.45, 2.75) is 13.0 Å². The van der Waals surface area contributed by atoms with Gasteiger partial charge in [0.1, 0.15) is 0 Å². The Morgan fingerprint density at radius 3 is 2.86 bits per heavy atom. The van der Waals surface area contributed by atoms with Crippen molar-refractivity contribution in [3.63, 3.8) is 0 Å². The first kappa shape index (κ1) is 10.9. The monoisotopic (exact) mass is 211 g/mol. The number of aliphatic hydroxyl groups is 1. The average Bonchev–Trinajstić information content (AvgIpc) is 2.15. The van der Waals surface area contributed by atoms with Crippen LogP contribution >= 0.6 is 11.6 Å². The third-order valence-electron chi connectivity index (χ3n) is 1.88. The summed E-state index contributed by atoms with van der Waals surface area (Å²) in [6.45, 7) is 1.67. The summed E-state index contributed by atoms with van der Waals surface area (Å²) >= 11 is 5.94. The standard InChI is InChI=1S/C9H10ClN3O/c1-6-2-3-7(8(10)4-6)9(5-14)12-13-11/h2-4,9,14H,5H2,1H3. The van der Waals surface area contributed by atoms with Crippen molar-refractivity contribution < 1.29 is 5.11 Å². The summed E-state index contributed by atoms with van der Waals surface area (Å²) in [7, 11) is 0. The Kier molecular flexibility index (Phi) is 3.77. The van der Waals surface area contributed by atoms with Crippen molar-refractivity contribution in [2.24, 2.45) is 5.11 Å². The van der Waals surface area contributed by atoms with E-state index in [4.69, 9.17) is 22.2 Å². The van der Waals surface area contributed by atoms with Gasteiger partial charge in [-0.15, -0.1) is 0 Å². The summed E-state index contributed by atoms with van der Waals surface area (Å²) in [5, 5.41) is 12.9. The minimum absolute atomic E-state index is 0.243. The SMILES string of the molecule is Cc1ccc(C(CO)N=[N+]=[N-])c(Cl)c1. The first-order valence-electron chi connectivity index (χ1n) is 4.10. The number of azide groups is 1. The van der Waals surface area contributed by atoms with E-state index in [1.807, 2.05) is 13.0 Å². The second kappa shape index (κ2) is 4.86. The summed E-state index contributed by atoms with van der Waals surface area (Å²) in [4.78, 5) is 2.65. The number of halogens is 1. The molecule has 74 valence electrons. The second-order valence-corrected chi connectivity index (χ2v) is 3.34. The van der Waals surface area contributed by atoms with Crippen molar-refractivity contribution in [3.05, 3.63) is 44.8 Å². The zero-order valence-electron chi connectivity index (χ0n) is 7.68. The molecule has 1 unspecified atom stereocenters. The molecule has 1 aromatic rings. The Hall–Kier alpha value is -1.22. The lowest BCUT2D eigenvalue weighted by Gasteiger charge is -2.10. The zero-order valence-corrected chi connectivity index (χ0v) is 8.44. The van der Waals surface area contributed by atoms with E-state index in [0.29, 0.717) is 10.6 Å².